The van der Waals surface area contributed by atoms with Crippen LogP contribution in [0.2, 0.25) is 0 Å². The molecule has 17 heavy (non-hydrogen) atoms. The molecule has 0 amide bonds. The zero-order valence-corrected chi connectivity index (χ0v) is 10.4. The Hall–Kier alpha value is -1.55. The van der Waals surface area contributed by atoms with Crippen molar-refractivity contribution >= 4 is 5.90 Å². The molecule has 2 rings (SSSR count). The van der Waals surface area contributed by atoms with Gasteiger partial charge in [0.2, 0.25) is 12.1 Å². The van der Waals surface area contributed by atoms with Crippen LogP contribution in [0.1, 0.15) is 25.6 Å². The van der Waals surface area contributed by atoms with Gasteiger partial charge in [0, 0.05) is 5.56 Å². The summed E-state index contributed by atoms with van der Waals surface area (Å²) in [6.07, 6.45) is -0.137. The molecule has 1 N–H and O–H groups in total. The molecular weight excluding hydrogens is 214 g/mol. The van der Waals surface area contributed by atoms with Crippen LogP contribution in [0, 0.1) is 0 Å². The second-order valence-electron chi connectivity index (χ2n) is 4.00. The molecular formula is C13H19N3O. The molecule has 1 heterocycles. The van der Waals surface area contributed by atoms with E-state index in [2.05, 4.69) is 29.3 Å². The van der Waals surface area contributed by atoms with E-state index in [0.717, 1.165) is 31.1 Å². The molecule has 4 heteroatoms. The molecule has 0 saturated carbocycles. The van der Waals surface area contributed by atoms with E-state index in [1.165, 1.54) is 0 Å². The molecule has 92 valence electrons. The minimum absolute atomic E-state index is 0.137. The molecule has 0 radical (unpaired) electrons. The molecule has 1 atom stereocenters. The van der Waals surface area contributed by atoms with Gasteiger partial charge in [-0.05, 0) is 13.1 Å². The number of hydrogen-bond donors (Lipinski definition) is 1. The third-order valence-electron chi connectivity index (χ3n) is 2.92. The first-order chi connectivity index (χ1) is 8.33. The fraction of sp³-hybridized carbons (Fsp3) is 0.462. The van der Waals surface area contributed by atoms with Gasteiger partial charge in [-0.25, -0.2) is 0 Å². The Morgan fingerprint density at radius 2 is 1.94 bits per heavy atom. The Morgan fingerprint density at radius 1 is 1.24 bits per heavy atom. The van der Waals surface area contributed by atoms with E-state index in [1.54, 1.807) is 0 Å². The number of likely N-dealkylation sites (N-methyl/N-ethyl adjacent to an activating group) is 1. The fourth-order valence-corrected chi connectivity index (χ4v) is 1.80. The van der Waals surface area contributed by atoms with Crippen LogP contribution in [0.15, 0.2) is 35.4 Å². The monoisotopic (exact) mass is 233 g/mol. The molecule has 1 aromatic carbocycles. The number of hydrazone groups is 1. The molecule has 0 aliphatic carbocycles. The summed E-state index contributed by atoms with van der Waals surface area (Å²) in [4.78, 5) is 2.27. The van der Waals surface area contributed by atoms with Crippen molar-refractivity contribution < 1.29 is 4.74 Å². The van der Waals surface area contributed by atoms with Crippen molar-refractivity contribution in [3.8, 4) is 0 Å². The van der Waals surface area contributed by atoms with Gasteiger partial charge in [0.25, 0.3) is 0 Å². The largest absolute Gasteiger partial charge is 0.449 e. The number of rotatable bonds is 5. The first-order valence-corrected chi connectivity index (χ1v) is 6.09. The first-order valence-electron chi connectivity index (χ1n) is 6.09. The van der Waals surface area contributed by atoms with E-state index in [0.29, 0.717) is 0 Å². The van der Waals surface area contributed by atoms with Crippen molar-refractivity contribution in [2.75, 3.05) is 19.6 Å². The predicted octanol–water partition coefficient (Wildman–Crippen LogP) is 1.96. The Balaban J connectivity index is 1.90. The van der Waals surface area contributed by atoms with Crippen molar-refractivity contribution in [3.05, 3.63) is 35.9 Å². The van der Waals surface area contributed by atoms with Crippen LogP contribution in [0.4, 0.5) is 0 Å². The summed E-state index contributed by atoms with van der Waals surface area (Å²) in [5.74, 6) is 0.766. The average Bonchev–Trinajstić information content (AvgIpc) is 2.85. The number of nitrogens with one attached hydrogen (secondary N) is 1. The Morgan fingerprint density at radius 3 is 2.59 bits per heavy atom. The van der Waals surface area contributed by atoms with Gasteiger partial charge in [-0.1, -0.05) is 44.2 Å². The maximum atomic E-state index is 5.78. The van der Waals surface area contributed by atoms with Gasteiger partial charge >= 0.3 is 0 Å². The van der Waals surface area contributed by atoms with Crippen molar-refractivity contribution in [2.24, 2.45) is 5.10 Å². The van der Waals surface area contributed by atoms with Crippen LogP contribution in [-0.4, -0.2) is 30.4 Å². The molecule has 4 nitrogen and oxygen atoms in total. The van der Waals surface area contributed by atoms with Crippen LogP contribution in [0.25, 0.3) is 0 Å². The third kappa shape index (κ3) is 2.97. The summed E-state index contributed by atoms with van der Waals surface area (Å²) in [6.45, 7) is 7.06. The highest BCUT2D eigenvalue weighted by molar-refractivity contribution is 5.79. The molecule has 1 aliphatic heterocycles. The van der Waals surface area contributed by atoms with E-state index in [9.17, 15) is 0 Å². The summed E-state index contributed by atoms with van der Waals surface area (Å²) in [5.41, 5.74) is 4.12. The van der Waals surface area contributed by atoms with Crippen molar-refractivity contribution in [1.82, 2.24) is 10.3 Å². The standard InChI is InChI=1S/C13H19N3O/c1-3-16(4-2)10-12-14-15-13(17-12)11-8-6-5-7-9-11/h5-9,13,15H,3-4,10H2,1-2H3. The zero-order chi connectivity index (χ0) is 12.1. The highest BCUT2D eigenvalue weighted by Crippen LogP contribution is 2.18. The second-order valence-corrected chi connectivity index (χ2v) is 4.00. The molecule has 0 saturated heterocycles. The summed E-state index contributed by atoms with van der Waals surface area (Å²) < 4.78 is 5.78. The van der Waals surface area contributed by atoms with Crippen LogP contribution >= 0.6 is 0 Å². The Kier molecular flexibility index (Phi) is 3.98. The van der Waals surface area contributed by atoms with Gasteiger partial charge in [-0.15, -0.1) is 5.10 Å². The van der Waals surface area contributed by atoms with Crippen LogP contribution in [-0.2, 0) is 4.74 Å². The van der Waals surface area contributed by atoms with E-state index in [4.69, 9.17) is 4.74 Å². The zero-order valence-electron chi connectivity index (χ0n) is 10.4. The van der Waals surface area contributed by atoms with Gasteiger partial charge < -0.3 is 4.74 Å². The third-order valence-corrected chi connectivity index (χ3v) is 2.92. The minimum atomic E-state index is -0.137. The molecule has 0 bridgehead atoms. The van der Waals surface area contributed by atoms with Crippen molar-refractivity contribution in [3.63, 3.8) is 0 Å². The number of ether oxygens (including phenoxy) is 1. The summed E-state index contributed by atoms with van der Waals surface area (Å²) in [5, 5.41) is 4.23. The highest BCUT2D eigenvalue weighted by atomic mass is 16.5. The van der Waals surface area contributed by atoms with Gasteiger partial charge in [-0.3, -0.25) is 10.3 Å². The molecule has 0 spiro atoms. The summed E-state index contributed by atoms with van der Waals surface area (Å²) in [7, 11) is 0. The molecule has 1 unspecified atom stereocenters. The lowest BCUT2D eigenvalue weighted by Gasteiger charge is -2.17. The van der Waals surface area contributed by atoms with Gasteiger partial charge in [0.05, 0.1) is 6.54 Å². The SMILES string of the molecule is CCN(CC)CC1=NNC(c2ccccc2)O1. The highest BCUT2D eigenvalue weighted by Gasteiger charge is 2.21. The van der Waals surface area contributed by atoms with E-state index in [1.807, 2.05) is 30.3 Å². The average molecular weight is 233 g/mol. The van der Waals surface area contributed by atoms with Gasteiger partial charge in [0.1, 0.15) is 0 Å². The van der Waals surface area contributed by atoms with Crippen LogP contribution in [0.3, 0.4) is 0 Å². The normalized spacial score (nSPS) is 18.8. The lowest BCUT2D eigenvalue weighted by atomic mass is 10.2. The maximum absolute atomic E-state index is 5.78. The van der Waals surface area contributed by atoms with Crippen LogP contribution in [0.5, 0.6) is 0 Å². The molecule has 0 fully saturated rings. The quantitative estimate of drug-likeness (QED) is 0.844. The van der Waals surface area contributed by atoms with Gasteiger partial charge in [-0.2, -0.15) is 0 Å². The Labute approximate surface area is 102 Å². The lowest BCUT2D eigenvalue weighted by molar-refractivity contribution is 0.178. The van der Waals surface area contributed by atoms with Crippen molar-refractivity contribution in [2.45, 2.75) is 20.1 Å². The number of nitrogens with zero attached hydrogens (tertiary/aromatic N) is 2. The predicted molar refractivity (Wildman–Crippen MR) is 68.6 cm³/mol. The molecule has 1 aliphatic rings. The Bertz CT molecular complexity index is 374. The topological polar surface area (TPSA) is 36.9 Å². The van der Waals surface area contributed by atoms with Crippen molar-refractivity contribution in [1.29, 1.82) is 0 Å². The first kappa shape index (κ1) is 11.9. The second kappa shape index (κ2) is 5.68. The number of benzene rings is 1. The van der Waals surface area contributed by atoms with E-state index < -0.39 is 0 Å². The van der Waals surface area contributed by atoms with E-state index in [-0.39, 0.29) is 6.23 Å². The fourth-order valence-electron chi connectivity index (χ4n) is 1.80. The summed E-state index contributed by atoms with van der Waals surface area (Å²) in [6, 6.07) is 10.1. The summed E-state index contributed by atoms with van der Waals surface area (Å²) >= 11 is 0. The van der Waals surface area contributed by atoms with E-state index >= 15 is 0 Å². The van der Waals surface area contributed by atoms with Gasteiger partial charge in [0.15, 0.2) is 0 Å². The minimum Gasteiger partial charge on any atom is -0.449 e. The maximum Gasteiger partial charge on any atom is 0.222 e. The molecule has 1 aromatic rings. The lowest BCUT2D eigenvalue weighted by Crippen LogP contribution is -2.29. The van der Waals surface area contributed by atoms with Crippen LogP contribution < -0.4 is 5.43 Å². The smallest absolute Gasteiger partial charge is 0.222 e. The number of hydrogen-bond acceptors (Lipinski definition) is 4. The molecule has 0 aromatic heterocycles.